The molecule has 0 spiro atoms. The summed E-state index contributed by atoms with van der Waals surface area (Å²) in [6, 6.07) is 8.48. The van der Waals surface area contributed by atoms with Crippen molar-refractivity contribution in [2.45, 2.75) is 33.9 Å². The lowest BCUT2D eigenvalue weighted by atomic mass is 10.1. The molecule has 0 bridgehead atoms. The summed E-state index contributed by atoms with van der Waals surface area (Å²) in [5.41, 5.74) is 3.61. The van der Waals surface area contributed by atoms with E-state index in [2.05, 4.69) is 48.5 Å². The van der Waals surface area contributed by atoms with Gasteiger partial charge in [0.1, 0.15) is 0 Å². The van der Waals surface area contributed by atoms with Gasteiger partial charge in [-0.25, -0.2) is 0 Å². The van der Waals surface area contributed by atoms with Crippen molar-refractivity contribution < 1.29 is 0 Å². The molecule has 1 aromatic heterocycles. The minimum absolute atomic E-state index is 0.661. The molecule has 1 aromatic carbocycles. The summed E-state index contributed by atoms with van der Waals surface area (Å²) in [5.74, 6) is 0.661. The predicted octanol–water partition coefficient (Wildman–Crippen LogP) is 3.64. The van der Waals surface area contributed by atoms with Crippen LogP contribution in [0.15, 0.2) is 30.5 Å². The molecule has 0 unspecified atom stereocenters. The van der Waals surface area contributed by atoms with Crippen molar-refractivity contribution in [3.05, 3.63) is 52.3 Å². The quantitative estimate of drug-likeness (QED) is 0.880. The topological polar surface area (TPSA) is 29.9 Å². The highest BCUT2D eigenvalue weighted by Crippen LogP contribution is 2.16. The molecule has 1 heterocycles. The largest absolute Gasteiger partial charge is 0.312 e. The number of hydrogen-bond donors (Lipinski definition) is 1. The van der Waals surface area contributed by atoms with Crippen molar-refractivity contribution >= 4 is 11.6 Å². The minimum Gasteiger partial charge on any atom is -0.312 e. The van der Waals surface area contributed by atoms with Crippen molar-refractivity contribution in [3.8, 4) is 0 Å². The second-order valence-corrected chi connectivity index (χ2v) is 5.94. The van der Waals surface area contributed by atoms with Crippen molar-refractivity contribution in [2.75, 3.05) is 6.54 Å². The summed E-state index contributed by atoms with van der Waals surface area (Å²) in [4.78, 5) is 0. The first kappa shape index (κ1) is 15.1. The Balaban J connectivity index is 2.09. The van der Waals surface area contributed by atoms with Gasteiger partial charge in [-0.2, -0.15) is 5.10 Å². The number of benzene rings is 1. The van der Waals surface area contributed by atoms with Gasteiger partial charge in [0, 0.05) is 6.54 Å². The van der Waals surface area contributed by atoms with Crippen LogP contribution in [-0.4, -0.2) is 16.3 Å². The summed E-state index contributed by atoms with van der Waals surface area (Å²) in [6.45, 7) is 9.11. The van der Waals surface area contributed by atoms with Gasteiger partial charge in [0.15, 0.2) is 0 Å². The summed E-state index contributed by atoms with van der Waals surface area (Å²) >= 11 is 6.06. The molecule has 0 aliphatic carbocycles. The third-order valence-corrected chi connectivity index (χ3v) is 3.72. The van der Waals surface area contributed by atoms with Crippen LogP contribution in [0.4, 0.5) is 0 Å². The van der Waals surface area contributed by atoms with Crippen LogP contribution in [0.25, 0.3) is 0 Å². The molecule has 0 saturated carbocycles. The smallest absolute Gasteiger partial charge is 0.0815 e. The Kier molecular flexibility index (Phi) is 5.21. The van der Waals surface area contributed by atoms with E-state index < -0.39 is 0 Å². The van der Waals surface area contributed by atoms with Crippen molar-refractivity contribution in [3.63, 3.8) is 0 Å². The fraction of sp³-hybridized carbons (Fsp3) is 0.438. The van der Waals surface area contributed by atoms with Crippen LogP contribution in [0.2, 0.25) is 5.02 Å². The van der Waals surface area contributed by atoms with E-state index in [9.17, 15) is 0 Å². The van der Waals surface area contributed by atoms with E-state index in [1.807, 2.05) is 11.6 Å². The first-order chi connectivity index (χ1) is 9.58. The Morgan fingerprint density at radius 2 is 1.95 bits per heavy atom. The third kappa shape index (κ3) is 3.84. The average Bonchev–Trinajstić information content (AvgIpc) is 2.72. The van der Waals surface area contributed by atoms with E-state index in [0.717, 1.165) is 30.4 Å². The Morgan fingerprint density at radius 1 is 1.25 bits per heavy atom. The molecule has 0 radical (unpaired) electrons. The lowest BCUT2D eigenvalue weighted by Gasteiger charge is -2.13. The second kappa shape index (κ2) is 6.91. The average molecular weight is 292 g/mol. The van der Waals surface area contributed by atoms with E-state index in [4.69, 9.17) is 11.6 Å². The molecular weight excluding hydrogens is 270 g/mol. The van der Waals surface area contributed by atoms with E-state index in [1.54, 1.807) is 6.20 Å². The van der Waals surface area contributed by atoms with Crippen LogP contribution in [0.5, 0.6) is 0 Å². The maximum Gasteiger partial charge on any atom is 0.0815 e. The van der Waals surface area contributed by atoms with Crippen molar-refractivity contribution in [1.82, 2.24) is 15.1 Å². The molecule has 0 saturated heterocycles. The summed E-state index contributed by atoms with van der Waals surface area (Å²) in [6.07, 6.45) is 1.70. The zero-order valence-electron chi connectivity index (χ0n) is 12.4. The van der Waals surface area contributed by atoms with E-state index in [1.165, 1.54) is 11.1 Å². The van der Waals surface area contributed by atoms with Gasteiger partial charge in [0.05, 0.1) is 23.5 Å². The molecular formula is C16H22ClN3. The number of hydrogen-bond acceptors (Lipinski definition) is 2. The van der Waals surface area contributed by atoms with Crippen LogP contribution < -0.4 is 5.32 Å². The van der Waals surface area contributed by atoms with Gasteiger partial charge in [-0.15, -0.1) is 0 Å². The summed E-state index contributed by atoms with van der Waals surface area (Å²) in [5, 5.41) is 8.54. The Bertz CT molecular complexity index is 561. The normalized spacial score (nSPS) is 11.2. The molecule has 0 aliphatic rings. The molecule has 3 nitrogen and oxygen atoms in total. The molecule has 108 valence electrons. The molecule has 0 fully saturated rings. The van der Waals surface area contributed by atoms with Gasteiger partial charge in [-0.05, 0) is 30.5 Å². The Morgan fingerprint density at radius 3 is 2.55 bits per heavy atom. The molecule has 2 rings (SSSR count). The van der Waals surface area contributed by atoms with Crippen molar-refractivity contribution in [1.29, 1.82) is 0 Å². The number of nitrogens with zero attached hydrogens (tertiary/aromatic N) is 2. The maximum absolute atomic E-state index is 6.06. The van der Waals surface area contributed by atoms with Gasteiger partial charge in [-0.3, -0.25) is 4.68 Å². The Hall–Kier alpha value is -1.32. The zero-order chi connectivity index (χ0) is 14.5. The molecule has 0 aliphatic heterocycles. The van der Waals surface area contributed by atoms with Crippen LogP contribution >= 0.6 is 11.6 Å². The van der Waals surface area contributed by atoms with E-state index >= 15 is 0 Å². The fourth-order valence-corrected chi connectivity index (χ4v) is 2.27. The zero-order valence-corrected chi connectivity index (χ0v) is 13.1. The first-order valence-corrected chi connectivity index (χ1v) is 7.41. The number of aromatic nitrogens is 2. The fourth-order valence-electron chi connectivity index (χ4n) is 2.12. The summed E-state index contributed by atoms with van der Waals surface area (Å²) < 4.78 is 1.95. The highest BCUT2D eigenvalue weighted by molar-refractivity contribution is 6.31. The van der Waals surface area contributed by atoms with Crippen LogP contribution in [0, 0.1) is 12.8 Å². The van der Waals surface area contributed by atoms with Gasteiger partial charge >= 0.3 is 0 Å². The minimum atomic E-state index is 0.661. The molecule has 20 heavy (non-hydrogen) atoms. The van der Waals surface area contributed by atoms with Crippen molar-refractivity contribution in [2.24, 2.45) is 5.92 Å². The lowest BCUT2D eigenvalue weighted by Crippen LogP contribution is -2.20. The molecule has 1 N–H and O–H groups in total. The van der Waals surface area contributed by atoms with Gasteiger partial charge in [0.25, 0.3) is 0 Å². The Labute approximate surface area is 126 Å². The van der Waals surface area contributed by atoms with Gasteiger partial charge in [0.2, 0.25) is 0 Å². The number of halogens is 1. The van der Waals surface area contributed by atoms with Crippen LogP contribution in [0.3, 0.4) is 0 Å². The standard InChI is InChI=1S/C16H22ClN3/c1-12(2)8-18-9-14-6-4-5-7-15(14)11-20-13(3)16(17)10-19-20/h4-7,10,12,18H,8-9,11H2,1-3H3. The second-order valence-electron chi connectivity index (χ2n) is 5.53. The van der Waals surface area contributed by atoms with Crippen LogP contribution in [-0.2, 0) is 13.1 Å². The van der Waals surface area contributed by atoms with Gasteiger partial charge in [-0.1, -0.05) is 49.7 Å². The van der Waals surface area contributed by atoms with Crippen LogP contribution in [0.1, 0.15) is 30.7 Å². The summed E-state index contributed by atoms with van der Waals surface area (Å²) in [7, 11) is 0. The van der Waals surface area contributed by atoms with Gasteiger partial charge < -0.3 is 5.32 Å². The predicted molar refractivity (Wildman–Crippen MR) is 84.1 cm³/mol. The SMILES string of the molecule is Cc1c(Cl)cnn1Cc1ccccc1CNCC(C)C. The third-order valence-electron chi connectivity index (χ3n) is 3.35. The highest BCUT2D eigenvalue weighted by atomic mass is 35.5. The number of nitrogens with one attached hydrogen (secondary N) is 1. The monoisotopic (exact) mass is 291 g/mol. The molecule has 0 amide bonds. The molecule has 4 heteroatoms. The first-order valence-electron chi connectivity index (χ1n) is 7.03. The maximum atomic E-state index is 6.06. The number of rotatable bonds is 6. The lowest BCUT2D eigenvalue weighted by molar-refractivity contribution is 0.549. The molecule has 2 aromatic rings. The highest BCUT2D eigenvalue weighted by Gasteiger charge is 2.07. The van der Waals surface area contributed by atoms with E-state index in [-0.39, 0.29) is 0 Å². The molecule has 0 atom stereocenters. The van der Waals surface area contributed by atoms with E-state index in [0.29, 0.717) is 5.92 Å².